The zero-order valence-corrected chi connectivity index (χ0v) is 11.3. The van der Waals surface area contributed by atoms with Crippen molar-refractivity contribution in [1.82, 2.24) is 9.78 Å². The van der Waals surface area contributed by atoms with E-state index in [1.54, 1.807) is 37.4 Å². The van der Waals surface area contributed by atoms with E-state index >= 15 is 0 Å². The average molecular weight is 297 g/mol. The maximum Gasteiger partial charge on any atom is 0.410 e. The summed E-state index contributed by atoms with van der Waals surface area (Å²) >= 11 is 0. The van der Waals surface area contributed by atoms with E-state index in [1.165, 1.54) is 6.20 Å². The lowest BCUT2D eigenvalue weighted by atomic mass is 9.97. The fourth-order valence-electron chi connectivity index (χ4n) is 2.57. The summed E-state index contributed by atoms with van der Waals surface area (Å²) in [7, 11) is 1.55. The Labute approximate surface area is 119 Å². The number of hydrogen-bond acceptors (Lipinski definition) is 3. The number of ether oxygens (including phenoxy) is 1. The van der Waals surface area contributed by atoms with Gasteiger partial charge in [0.2, 0.25) is 0 Å². The first-order chi connectivity index (χ1) is 9.99. The van der Waals surface area contributed by atoms with Crippen LogP contribution < -0.4 is 10.1 Å². The summed E-state index contributed by atoms with van der Waals surface area (Å²) in [6.07, 6.45) is -3.05. The monoisotopic (exact) mass is 297 g/mol. The van der Waals surface area contributed by atoms with Crippen LogP contribution in [0.25, 0.3) is 0 Å². The Balaban J connectivity index is 1.92. The van der Waals surface area contributed by atoms with Crippen molar-refractivity contribution in [2.45, 2.75) is 24.7 Å². The Bertz CT molecular complexity index is 621. The molecule has 0 fully saturated rings. The van der Waals surface area contributed by atoms with Gasteiger partial charge < -0.3 is 10.1 Å². The lowest BCUT2D eigenvalue weighted by molar-refractivity contribution is -0.173. The number of aromatic nitrogens is 2. The van der Waals surface area contributed by atoms with Crippen molar-refractivity contribution in [3.63, 3.8) is 0 Å². The fourth-order valence-corrected chi connectivity index (χ4v) is 2.57. The first-order valence-electron chi connectivity index (χ1n) is 6.50. The smallest absolute Gasteiger partial charge is 0.410 e. The first-order valence-corrected chi connectivity index (χ1v) is 6.50. The van der Waals surface area contributed by atoms with E-state index in [1.807, 2.05) is 0 Å². The van der Waals surface area contributed by atoms with Crippen LogP contribution >= 0.6 is 0 Å². The SMILES string of the molecule is COc1ccc([C@@H]2C[C@H](C(F)(F)F)n3nccc3N2)cc1. The number of nitrogens with one attached hydrogen (secondary N) is 1. The summed E-state index contributed by atoms with van der Waals surface area (Å²) in [6.45, 7) is 0. The molecule has 1 aliphatic rings. The summed E-state index contributed by atoms with van der Waals surface area (Å²) in [6, 6.07) is 6.56. The third kappa shape index (κ3) is 2.55. The highest BCUT2D eigenvalue weighted by Gasteiger charge is 2.46. The molecule has 0 aliphatic carbocycles. The molecular weight excluding hydrogens is 283 g/mol. The topological polar surface area (TPSA) is 39.1 Å². The summed E-state index contributed by atoms with van der Waals surface area (Å²) in [4.78, 5) is 0. The molecule has 1 aromatic heterocycles. The number of alkyl halides is 3. The largest absolute Gasteiger partial charge is 0.497 e. The Hall–Kier alpha value is -2.18. The molecule has 1 N–H and O–H groups in total. The molecule has 1 aromatic carbocycles. The van der Waals surface area contributed by atoms with E-state index < -0.39 is 18.3 Å². The van der Waals surface area contributed by atoms with Crippen LogP contribution in [0.15, 0.2) is 36.5 Å². The van der Waals surface area contributed by atoms with E-state index in [-0.39, 0.29) is 6.42 Å². The van der Waals surface area contributed by atoms with Crippen LogP contribution in [0.2, 0.25) is 0 Å². The standard InChI is InChI=1S/C14H14F3N3O/c1-21-10-4-2-9(3-5-10)11-8-12(14(15,16)17)20-13(19-11)6-7-18-20/h2-7,11-12,19H,8H2,1H3/t11-,12+/m0/s1. The number of methoxy groups -OCH3 is 1. The molecule has 0 saturated carbocycles. The van der Waals surface area contributed by atoms with E-state index in [4.69, 9.17) is 4.74 Å². The van der Waals surface area contributed by atoms with Gasteiger partial charge in [0, 0.05) is 12.5 Å². The highest BCUT2D eigenvalue weighted by molar-refractivity contribution is 5.42. The van der Waals surface area contributed by atoms with E-state index in [0.29, 0.717) is 11.6 Å². The van der Waals surface area contributed by atoms with Crippen LogP contribution in [0.4, 0.5) is 19.0 Å². The van der Waals surface area contributed by atoms with Gasteiger partial charge in [-0.1, -0.05) is 12.1 Å². The van der Waals surface area contributed by atoms with Crippen molar-refractivity contribution in [2.24, 2.45) is 0 Å². The second-order valence-electron chi connectivity index (χ2n) is 4.92. The number of halogens is 3. The van der Waals surface area contributed by atoms with Crippen molar-refractivity contribution < 1.29 is 17.9 Å². The molecule has 2 heterocycles. The second kappa shape index (κ2) is 4.98. The van der Waals surface area contributed by atoms with Gasteiger partial charge in [-0.3, -0.25) is 0 Å². The van der Waals surface area contributed by atoms with Gasteiger partial charge in [-0.2, -0.15) is 18.3 Å². The molecule has 4 nitrogen and oxygen atoms in total. The molecule has 0 spiro atoms. The zero-order chi connectivity index (χ0) is 15.0. The fraction of sp³-hybridized carbons (Fsp3) is 0.357. The second-order valence-corrected chi connectivity index (χ2v) is 4.92. The highest BCUT2D eigenvalue weighted by Crippen LogP contribution is 2.43. The highest BCUT2D eigenvalue weighted by atomic mass is 19.4. The molecule has 0 radical (unpaired) electrons. The quantitative estimate of drug-likeness (QED) is 0.921. The van der Waals surface area contributed by atoms with Gasteiger partial charge >= 0.3 is 6.18 Å². The van der Waals surface area contributed by atoms with Crippen LogP contribution in [-0.2, 0) is 0 Å². The lowest BCUT2D eigenvalue weighted by Crippen LogP contribution is -2.35. The van der Waals surface area contributed by atoms with Crippen LogP contribution in [0.1, 0.15) is 24.1 Å². The minimum Gasteiger partial charge on any atom is -0.497 e. The van der Waals surface area contributed by atoms with Gasteiger partial charge in [0.25, 0.3) is 0 Å². The molecule has 7 heteroatoms. The maximum absolute atomic E-state index is 13.2. The average Bonchev–Trinajstić information content (AvgIpc) is 2.93. The number of anilines is 1. The van der Waals surface area contributed by atoms with Gasteiger partial charge in [-0.25, -0.2) is 4.68 Å². The molecule has 0 bridgehead atoms. The minimum atomic E-state index is -4.33. The van der Waals surface area contributed by atoms with Crippen molar-refractivity contribution >= 4 is 5.82 Å². The van der Waals surface area contributed by atoms with Gasteiger partial charge in [-0.15, -0.1) is 0 Å². The number of benzene rings is 1. The Morgan fingerprint density at radius 2 is 1.95 bits per heavy atom. The van der Waals surface area contributed by atoms with Crippen LogP contribution in [0.5, 0.6) is 5.75 Å². The number of hydrogen-bond donors (Lipinski definition) is 1. The molecule has 0 amide bonds. The van der Waals surface area contributed by atoms with E-state index in [9.17, 15) is 13.2 Å². The number of rotatable bonds is 2. The summed E-state index contributed by atoms with van der Waals surface area (Å²) in [5, 5.41) is 6.87. The van der Waals surface area contributed by atoms with Gasteiger partial charge in [0.15, 0.2) is 6.04 Å². The van der Waals surface area contributed by atoms with Gasteiger partial charge in [-0.05, 0) is 17.7 Å². The zero-order valence-electron chi connectivity index (χ0n) is 11.3. The lowest BCUT2D eigenvalue weighted by Gasteiger charge is -2.33. The molecule has 112 valence electrons. The Kier molecular flexibility index (Phi) is 3.27. The molecule has 0 unspecified atom stereocenters. The summed E-state index contributed by atoms with van der Waals surface area (Å²) in [5.41, 5.74) is 0.789. The van der Waals surface area contributed by atoms with Crippen molar-refractivity contribution in [2.75, 3.05) is 12.4 Å². The third-order valence-corrected chi connectivity index (χ3v) is 3.64. The van der Waals surface area contributed by atoms with Crippen molar-refractivity contribution in [3.05, 3.63) is 42.1 Å². The van der Waals surface area contributed by atoms with Crippen molar-refractivity contribution in [1.29, 1.82) is 0 Å². The molecule has 0 saturated heterocycles. The number of nitrogens with zero attached hydrogens (tertiary/aromatic N) is 2. The van der Waals surface area contributed by atoms with Gasteiger partial charge in [0.05, 0.1) is 19.3 Å². The molecule has 3 rings (SSSR count). The summed E-state index contributed by atoms with van der Waals surface area (Å²) < 4.78 is 45.7. The first kappa shape index (κ1) is 13.8. The van der Waals surface area contributed by atoms with E-state index in [0.717, 1.165) is 10.2 Å². The molecular formula is C14H14F3N3O. The van der Waals surface area contributed by atoms with E-state index in [2.05, 4.69) is 10.4 Å². The maximum atomic E-state index is 13.2. The predicted molar refractivity (Wildman–Crippen MR) is 71.3 cm³/mol. The third-order valence-electron chi connectivity index (χ3n) is 3.64. The molecule has 2 atom stereocenters. The Morgan fingerprint density at radius 3 is 2.57 bits per heavy atom. The normalized spacial score (nSPS) is 21.5. The minimum absolute atomic E-state index is 0.0927. The van der Waals surface area contributed by atoms with Crippen LogP contribution in [0, 0.1) is 0 Å². The molecule has 2 aromatic rings. The predicted octanol–water partition coefficient (Wildman–Crippen LogP) is 3.55. The molecule has 1 aliphatic heterocycles. The van der Waals surface area contributed by atoms with Crippen molar-refractivity contribution in [3.8, 4) is 5.75 Å². The van der Waals surface area contributed by atoms with Crippen LogP contribution in [-0.4, -0.2) is 23.1 Å². The Morgan fingerprint density at radius 1 is 1.24 bits per heavy atom. The molecule has 21 heavy (non-hydrogen) atoms. The van der Waals surface area contributed by atoms with Gasteiger partial charge in [0.1, 0.15) is 11.6 Å². The number of fused-ring (bicyclic) bond motifs is 1. The summed E-state index contributed by atoms with van der Waals surface area (Å²) in [5.74, 6) is 1.05. The van der Waals surface area contributed by atoms with Crippen LogP contribution in [0.3, 0.4) is 0 Å².